The summed E-state index contributed by atoms with van der Waals surface area (Å²) in [4.78, 5) is 25.2. The number of nitrogens with zero attached hydrogens (tertiary/aromatic N) is 1. The van der Waals surface area contributed by atoms with Crippen LogP contribution in [-0.2, 0) is 19.1 Å². The van der Waals surface area contributed by atoms with Crippen LogP contribution in [0, 0.1) is 5.92 Å². The Kier molecular flexibility index (Phi) is 5.25. The van der Waals surface area contributed by atoms with Crippen molar-refractivity contribution in [1.82, 2.24) is 4.90 Å². The van der Waals surface area contributed by atoms with Gasteiger partial charge < -0.3 is 14.4 Å². The third-order valence-corrected chi connectivity index (χ3v) is 2.83. The van der Waals surface area contributed by atoms with E-state index < -0.39 is 11.9 Å². The van der Waals surface area contributed by atoms with E-state index in [1.807, 2.05) is 0 Å². The lowest BCUT2D eigenvalue weighted by Gasteiger charge is -2.22. The average molecular weight is 229 g/mol. The van der Waals surface area contributed by atoms with E-state index >= 15 is 0 Å². The molecule has 1 rings (SSSR count). The van der Waals surface area contributed by atoms with Crippen LogP contribution >= 0.6 is 0 Å². The first-order chi connectivity index (χ1) is 7.70. The monoisotopic (exact) mass is 229 g/mol. The first kappa shape index (κ1) is 13.0. The van der Waals surface area contributed by atoms with Crippen LogP contribution in [0.1, 0.15) is 19.3 Å². The van der Waals surface area contributed by atoms with Crippen LogP contribution < -0.4 is 0 Å². The molecule has 16 heavy (non-hydrogen) atoms. The summed E-state index contributed by atoms with van der Waals surface area (Å²) in [7, 11) is 2.92. The van der Waals surface area contributed by atoms with E-state index in [0.29, 0.717) is 26.1 Å². The Balaban J connectivity index is 2.64. The molecule has 0 saturated carbocycles. The third kappa shape index (κ3) is 3.20. The Bertz CT molecular complexity index is 254. The summed E-state index contributed by atoms with van der Waals surface area (Å²) in [5, 5.41) is 0. The maximum atomic E-state index is 12.0. The lowest BCUT2D eigenvalue weighted by molar-refractivity contribution is -0.153. The second-order valence-corrected chi connectivity index (χ2v) is 3.89. The Morgan fingerprint density at radius 3 is 2.81 bits per heavy atom. The van der Waals surface area contributed by atoms with Gasteiger partial charge in [0.1, 0.15) is 5.92 Å². The number of hydrogen-bond donors (Lipinski definition) is 0. The van der Waals surface area contributed by atoms with Crippen molar-refractivity contribution in [3.05, 3.63) is 0 Å². The number of carbonyl (C=O) groups is 2. The smallest absolute Gasteiger partial charge is 0.318 e. The van der Waals surface area contributed by atoms with E-state index in [9.17, 15) is 9.59 Å². The second kappa shape index (κ2) is 6.48. The van der Waals surface area contributed by atoms with Gasteiger partial charge in [-0.15, -0.1) is 0 Å². The number of ether oxygens (including phenoxy) is 2. The maximum Gasteiger partial charge on any atom is 0.318 e. The molecule has 92 valence electrons. The zero-order valence-corrected chi connectivity index (χ0v) is 9.90. The quantitative estimate of drug-likeness (QED) is 0.518. The van der Waals surface area contributed by atoms with Crippen molar-refractivity contribution in [3.8, 4) is 0 Å². The minimum Gasteiger partial charge on any atom is -0.468 e. The van der Waals surface area contributed by atoms with Gasteiger partial charge in [0.2, 0.25) is 5.91 Å². The standard InChI is InChI=1S/C11H19NO4/c1-15-8-7-12-6-4-3-5-9(10(12)13)11(14)16-2/h9H,3-8H2,1-2H3. The zero-order valence-electron chi connectivity index (χ0n) is 9.90. The van der Waals surface area contributed by atoms with Crippen molar-refractivity contribution < 1.29 is 19.1 Å². The highest BCUT2D eigenvalue weighted by Crippen LogP contribution is 2.18. The van der Waals surface area contributed by atoms with Gasteiger partial charge in [-0.3, -0.25) is 9.59 Å². The number of methoxy groups -OCH3 is 2. The molecule has 1 atom stereocenters. The van der Waals surface area contributed by atoms with Crippen LogP contribution in [0.5, 0.6) is 0 Å². The van der Waals surface area contributed by atoms with Gasteiger partial charge in [0, 0.05) is 20.2 Å². The molecular formula is C11H19NO4. The summed E-state index contributed by atoms with van der Waals surface area (Å²) < 4.78 is 9.60. The molecule has 0 N–H and O–H groups in total. The average Bonchev–Trinajstić information content (AvgIpc) is 2.48. The molecular weight excluding hydrogens is 210 g/mol. The molecule has 0 radical (unpaired) electrons. The lowest BCUT2D eigenvalue weighted by Crippen LogP contribution is -2.40. The van der Waals surface area contributed by atoms with E-state index in [2.05, 4.69) is 4.74 Å². The van der Waals surface area contributed by atoms with Crippen molar-refractivity contribution in [2.75, 3.05) is 33.9 Å². The molecule has 0 aromatic carbocycles. The Hall–Kier alpha value is -1.10. The molecule has 0 aromatic rings. The molecule has 0 aromatic heterocycles. The molecule has 5 nitrogen and oxygen atoms in total. The lowest BCUT2D eigenvalue weighted by atomic mass is 10.0. The fourth-order valence-corrected chi connectivity index (χ4v) is 1.89. The number of hydrogen-bond acceptors (Lipinski definition) is 4. The van der Waals surface area contributed by atoms with Crippen molar-refractivity contribution in [1.29, 1.82) is 0 Å². The van der Waals surface area contributed by atoms with Gasteiger partial charge in [0.15, 0.2) is 0 Å². The van der Waals surface area contributed by atoms with E-state index in [1.54, 1.807) is 12.0 Å². The van der Waals surface area contributed by atoms with Crippen LogP contribution in [-0.4, -0.2) is 50.7 Å². The van der Waals surface area contributed by atoms with Gasteiger partial charge in [-0.05, 0) is 12.8 Å². The van der Waals surface area contributed by atoms with Crippen LogP contribution in [0.2, 0.25) is 0 Å². The highest BCUT2D eigenvalue weighted by atomic mass is 16.5. The molecule has 1 aliphatic rings. The van der Waals surface area contributed by atoms with Gasteiger partial charge in [0.05, 0.1) is 13.7 Å². The highest BCUT2D eigenvalue weighted by molar-refractivity contribution is 5.97. The van der Waals surface area contributed by atoms with Gasteiger partial charge in [-0.1, -0.05) is 6.42 Å². The highest BCUT2D eigenvalue weighted by Gasteiger charge is 2.32. The van der Waals surface area contributed by atoms with E-state index in [-0.39, 0.29) is 5.91 Å². The van der Waals surface area contributed by atoms with Crippen molar-refractivity contribution in [3.63, 3.8) is 0 Å². The maximum absolute atomic E-state index is 12.0. The molecule has 1 aliphatic heterocycles. The molecule has 1 unspecified atom stereocenters. The molecule has 1 amide bonds. The molecule has 0 bridgehead atoms. The van der Waals surface area contributed by atoms with Crippen LogP contribution in [0.4, 0.5) is 0 Å². The van der Waals surface area contributed by atoms with Crippen molar-refractivity contribution in [2.24, 2.45) is 5.92 Å². The molecule has 1 saturated heterocycles. The Labute approximate surface area is 95.7 Å². The predicted octanol–water partition coefficient (Wildman–Crippen LogP) is 0.434. The molecule has 1 fully saturated rings. The predicted molar refractivity (Wildman–Crippen MR) is 57.8 cm³/mol. The Morgan fingerprint density at radius 2 is 2.19 bits per heavy atom. The van der Waals surface area contributed by atoms with Crippen molar-refractivity contribution in [2.45, 2.75) is 19.3 Å². The minimum absolute atomic E-state index is 0.124. The number of rotatable bonds is 4. The van der Waals surface area contributed by atoms with E-state index in [4.69, 9.17) is 4.74 Å². The first-order valence-corrected chi connectivity index (χ1v) is 5.56. The molecule has 0 spiro atoms. The first-order valence-electron chi connectivity index (χ1n) is 5.56. The zero-order chi connectivity index (χ0) is 12.0. The van der Waals surface area contributed by atoms with Crippen LogP contribution in [0.15, 0.2) is 0 Å². The fraction of sp³-hybridized carbons (Fsp3) is 0.818. The van der Waals surface area contributed by atoms with Gasteiger partial charge in [-0.2, -0.15) is 0 Å². The Morgan fingerprint density at radius 1 is 1.44 bits per heavy atom. The molecule has 1 heterocycles. The summed E-state index contributed by atoms with van der Waals surface area (Å²) in [6.45, 7) is 1.75. The second-order valence-electron chi connectivity index (χ2n) is 3.89. The fourth-order valence-electron chi connectivity index (χ4n) is 1.89. The summed E-state index contributed by atoms with van der Waals surface area (Å²) >= 11 is 0. The summed E-state index contributed by atoms with van der Waals surface area (Å²) in [6, 6.07) is 0. The van der Waals surface area contributed by atoms with E-state index in [1.165, 1.54) is 7.11 Å². The number of carbonyl (C=O) groups excluding carboxylic acids is 2. The normalized spacial score (nSPS) is 21.8. The number of amides is 1. The molecule has 0 aliphatic carbocycles. The number of esters is 1. The summed E-state index contributed by atoms with van der Waals surface area (Å²) in [5.41, 5.74) is 0. The van der Waals surface area contributed by atoms with Gasteiger partial charge >= 0.3 is 5.97 Å². The topological polar surface area (TPSA) is 55.8 Å². The van der Waals surface area contributed by atoms with Gasteiger partial charge in [-0.25, -0.2) is 0 Å². The van der Waals surface area contributed by atoms with Gasteiger partial charge in [0.25, 0.3) is 0 Å². The largest absolute Gasteiger partial charge is 0.468 e. The van der Waals surface area contributed by atoms with Crippen LogP contribution in [0.3, 0.4) is 0 Å². The third-order valence-electron chi connectivity index (χ3n) is 2.83. The number of likely N-dealkylation sites (tertiary alicyclic amines) is 1. The SMILES string of the molecule is COCCN1CCCCC(C(=O)OC)C1=O. The minimum atomic E-state index is -0.621. The summed E-state index contributed by atoms with van der Waals surface area (Å²) in [6.07, 6.45) is 2.41. The van der Waals surface area contributed by atoms with E-state index in [0.717, 1.165) is 12.8 Å². The summed E-state index contributed by atoms with van der Waals surface area (Å²) in [5.74, 6) is -1.17. The van der Waals surface area contributed by atoms with Crippen molar-refractivity contribution >= 4 is 11.9 Å². The van der Waals surface area contributed by atoms with Crippen LogP contribution in [0.25, 0.3) is 0 Å². The molecule has 5 heteroatoms.